The summed E-state index contributed by atoms with van der Waals surface area (Å²) in [6.45, 7) is 8.81. The Morgan fingerprint density at radius 1 is 1.44 bits per heavy atom. The van der Waals surface area contributed by atoms with Crippen molar-refractivity contribution in [2.24, 2.45) is 0 Å². The Hall–Kier alpha value is -1.48. The molecule has 1 amide bonds. The molecule has 0 fully saturated rings. The van der Waals surface area contributed by atoms with E-state index in [0.717, 1.165) is 5.57 Å². The van der Waals surface area contributed by atoms with Crippen LogP contribution < -0.4 is 4.74 Å². The van der Waals surface area contributed by atoms with Crippen molar-refractivity contribution in [1.29, 1.82) is 0 Å². The van der Waals surface area contributed by atoms with Gasteiger partial charge in [0, 0.05) is 13.1 Å². The molecule has 0 radical (unpaired) electrons. The van der Waals surface area contributed by atoms with Crippen molar-refractivity contribution in [3.8, 4) is 5.75 Å². The van der Waals surface area contributed by atoms with Gasteiger partial charge in [-0.2, -0.15) is 0 Å². The number of ether oxygens (including phenoxy) is 1. The van der Waals surface area contributed by atoms with Crippen LogP contribution in [0.1, 0.15) is 13.8 Å². The van der Waals surface area contributed by atoms with Gasteiger partial charge in [-0.25, -0.2) is 0 Å². The molecular formula is C14H18ClNO2. The van der Waals surface area contributed by atoms with E-state index in [1.807, 2.05) is 26.0 Å². The van der Waals surface area contributed by atoms with Gasteiger partial charge >= 0.3 is 0 Å². The van der Waals surface area contributed by atoms with Crippen LogP contribution in [-0.2, 0) is 4.79 Å². The van der Waals surface area contributed by atoms with Gasteiger partial charge < -0.3 is 9.64 Å². The molecule has 98 valence electrons. The van der Waals surface area contributed by atoms with E-state index in [4.69, 9.17) is 16.3 Å². The molecule has 1 aromatic carbocycles. The summed E-state index contributed by atoms with van der Waals surface area (Å²) in [5.74, 6) is 0.458. The fraction of sp³-hybridized carbons (Fsp3) is 0.357. The lowest BCUT2D eigenvalue weighted by molar-refractivity contribution is -0.132. The van der Waals surface area contributed by atoms with Crippen LogP contribution in [0.2, 0.25) is 5.02 Å². The molecule has 4 heteroatoms. The van der Waals surface area contributed by atoms with E-state index in [2.05, 4.69) is 6.58 Å². The fourth-order valence-corrected chi connectivity index (χ4v) is 1.69. The summed E-state index contributed by atoms with van der Waals surface area (Å²) in [5, 5.41) is 0.508. The van der Waals surface area contributed by atoms with Crippen molar-refractivity contribution in [2.45, 2.75) is 13.8 Å². The first kappa shape index (κ1) is 14.6. The number of rotatable bonds is 6. The molecule has 0 aromatic heterocycles. The Bertz CT molecular complexity index is 432. The highest BCUT2D eigenvalue weighted by Gasteiger charge is 2.12. The number of carbonyl (C=O) groups excluding carboxylic acids is 1. The van der Waals surface area contributed by atoms with Gasteiger partial charge in [0.1, 0.15) is 5.75 Å². The zero-order valence-electron chi connectivity index (χ0n) is 10.8. The van der Waals surface area contributed by atoms with Crippen LogP contribution in [0.3, 0.4) is 0 Å². The topological polar surface area (TPSA) is 29.5 Å². The number of nitrogens with zero attached hydrogens (tertiary/aromatic N) is 1. The highest BCUT2D eigenvalue weighted by Crippen LogP contribution is 2.22. The van der Waals surface area contributed by atoms with Crippen LogP contribution in [0, 0.1) is 0 Å². The highest BCUT2D eigenvalue weighted by molar-refractivity contribution is 6.32. The maximum Gasteiger partial charge on any atom is 0.260 e. The fourth-order valence-electron chi connectivity index (χ4n) is 1.49. The van der Waals surface area contributed by atoms with Crippen LogP contribution in [-0.4, -0.2) is 30.5 Å². The van der Waals surface area contributed by atoms with Gasteiger partial charge in [-0.15, -0.1) is 0 Å². The Morgan fingerprint density at radius 3 is 2.67 bits per heavy atom. The summed E-state index contributed by atoms with van der Waals surface area (Å²) in [6, 6.07) is 7.10. The molecule has 0 atom stereocenters. The highest BCUT2D eigenvalue weighted by atomic mass is 35.5. The SMILES string of the molecule is C=C(C)CN(CC)C(=O)COc1ccccc1Cl. The molecule has 0 aliphatic rings. The molecule has 0 heterocycles. The van der Waals surface area contributed by atoms with Crippen LogP contribution in [0.4, 0.5) is 0 Å². The lowest BCUT2D eigenvalue weighted by Crippen LogP contribution is -2.35. The number of carbonyl (C=O) groups is 1. The number of benzene rings is 1. The molecule has 0 spiro atoms. The largest absolute Gasteiger partial charge is 0.482 e. The van der Waals surface area contributed by atoms with Gasteiger partial charge in [0.15, 0.2) is 6.61 Å². The van der Waals surface area contributed by atoms with E-state index >= 15 is 0 Å². The Labute approximate surface area is 113 Å². The third kappa shape index (κ3) is 4.41. The summed E-state index contributed by atoms with van der Waals surface area (Å²) >= 11 is 5.94. The number of amides is 1. The molecule has 18 heavy (non-hydrogen) atoms. The van der Waals surface area contributed by atoms with Gasteiger partial charge in [-0.05, 0) is 26.0 Å². The van der Waals surface area contributed by atoms with E-state index in [-0.39, 0.29) is 12.5 Å². The second-order valence-electron chi connectivity index (χ2n) is 4.08. The van der Waals surface area contributed by atoms with Crippen LogP contribution in [0.15, 0.2) is 36.4 Å². The Kier molecular flexibility index (Phi) is 5.72. The van der Waals surface area contributed by atoms with Crippen molar-refractivity contribution in [3.05, 3.63) is 41.4 Å². The molecule has 0 saturated carbocycles. The number of halogens is 1. The molecular weight excluding hydrogens is 250 g/mol. The van der Waals surface area contributed by atoms with Gasteiger partial charge in [0.25, 0.3) is 5.91 Å². The third-order valence-electron chi connectivity index (χ3n) is 2.38. The monoisotopic (exact) mass is 267 g/mol. The second kappa shape index (κ2) is 7.07. The maximum atomic E-state index is 11.9. The van der Waals surface area contributed by atoms with Crippen molar-refractivity contribution in [2.75, 3.05) is 19.7 Å². The summed E-state index contributed by atoms with van der Waals surface area (Å²) < 4.78 is 5.41. The predicted molar refractivity (Wildman–Crippen MR) is 74.0 cm³/mol. The molecule has 3 nitrogen and oxygen atoms in total. The summed E-state index contributed by atoms with van der Waals surface area (Å²) in [5.41, 5.74) is 0.947. The van der Waals surface area contributed by atoms with Gasteiger partial charge in [-0.1, -0.05) is 35.9 Å². The number of likely N-dealkylation sites (N-methyl/N-ethyl adjacent to an activating group) is 1. The smallest absolute Gasteiger partial charge is 0.260 e. The van der Waals surface area contributed by atoms with Crippen LogP contribution >= 0.6 is 11.6 Å². The Balaban J connectivity index is 2.54. The van der Waals surface area contributed by atoms with Crippen LogP contribution in [0.25, 0.3) is 0 Å². The summed E-state index contributed by atoms with van der Waals surface area (Å²) in [6.07, 6.45) is 0. The van der Waals surface area contributed by atoms with Crippen LogP contribution in [0.5, 0.6) is 5.75 Å². The first-order chi connectivity index (χ1) is 8.54. The minimum absolute atomic E-state index is 0.00907. The van der Waals surface area contributed by atoms with Gasteiger partial charge in [0.2, 0.25) is 0 Å². The van der Waals surface area contributed by atoms with E-state index in [0.29, 0.717) is 23.9 Å². The van der Waals surface area contributed by atoms with E-state index < -0.39 is 0 Å². The summed E-state index contributed by atoms with van der Waals surface area (Å²) in [4.78, 5) is 13.6. The minimum Gasteiger partial charge on any atom is -0.482 e. The normalized spacial score (nSPS) is 9.94. The standard InChI is InChI=1S/C14H18ClNO2/c1-4-16(9-11(2)3)14(17)10-18-13-8-6-5-7-12(13)15/h5-8H,2,4,9-10H2,1,3H3. The number of hydrogen-bond donors (Lipinski definition) is 0. The quantitative estimate of drug-likeness (QED) is 0.741. The summed E-state index contributed by atoms with van der Waals surface area (Å²) in [7, 11) is 0. The molecule has 1 aromatic rings. The average Bonchev–Trinajstić information content (AvgIpc) is 2.34. The molecule has 0 aliphatic carbocycles. The maximum absolute atomic E-state index is 11.9. The van der Waals surface area contributed by atoms with Crippen molar-refractivity contribution >= 4 is 17.5 Å². The van der Waals surface area contributed by atoms with Crippen molar-refractivity contribution in [3.63, 3.8) is 0 Å². The molecule has 0 saturated heterocycles. The molecule has 0 N–H and O–H groups in total. The van der Waals surface area contributed by atoms with Gasteiger partial charge in [0.05, 0.1) is 5.02 Å². The lowest BCUT2D eigenvalue weighted by Gasteiger charge is -2.21. The molecule has 0 bridgehead atoms. The number of hydrogen-bond acceptors (Lipinski definition) is 2. The lowest BCUT2D eigenvalue weighted by atomic mass is 10.3. The minimum atomic E-state index is -0.0691. The van der Waals surface area contributed by atoms with E-state index in [9.17, 15) is 4.79 Å². The molecule has 0 unspecified atom stereocenters. The average molecular weight is 268 g/mol. The zero-order valence-corrected chi connectivity index (χ0v) is 11.5. The number of para-hydroxylation sites is 1. The molecule has 1 rings (SSSR count). The van der Waals surface area contributed by atoms with E-state index in [1.54, 1.807) is 17.0 Å². The first-order valence-corrected chi connectivity index (χ1v) is 6.22. The van der Waals surface area contributed by atoms with Crippen molar-refractivity contribution in [1.82, 2.24) is 4.90 Å². The third-order valence-corrected chi connectivity index (χ3v) is 2.70. The second-order valence-corrected chi connectivity index (χ2v) is 4.49. The zero-order chi connectivity index (χ0) is 13.5. The van der Waals surface area contributed by atoms with E-state index in [1.165, 1.54) is 0 Å². The molecule has 0 aliphatic heterocycles. The predicted octanol–water partition coefficient (Wildman–Crippen LogP) is 3.14. The Morgan fingerprint density at radius 2 is 2.11 bits per heavy atom. The van der Waals surface area contributed by atoms with Crippen molar-refractivity contribution < 1.29 is 9.53 Å². The van der Waals surface area contributed by atoms with Gasteiger partial charge in [-0.3, -0.25) is 4.79 Å². The first-order valence-electron chi connectivity index (χ1n) is 5.84.